The Morgan fingerprint density at radius 1 is 0.967 bits per heavy atom. The van der Waals surface area contributed by atoms with E-state index < -0.39 is 23.8 Å². The molecule has 0 aliphatic carbocycles. The Morgan fingerprint density at radius 2 is 1.53 bits per heavy atom. The van der Waals surface area contributed by atoms with Gasteiger partial charge in [0.2, 0.25) is 0 Å². The van der Waals surface area contributed by atoms with Crippen LogP contribution in [0.3, 0.4) is 0 Å². The summed E-state index contributed by atoms with van der Waals surface area (Å²) >= 11 is 0. The number of amides is 3. The largest absolute Gasteiger partial charge is 0.351 e. The van der Waals surface area contributed by atoms with Gasteiger partial charge in [-0.15, -0.1) is 0 Å². The molecular weight excluding hydrogens is 387 g/mol. The highest BCUT2D eigenvalue weighted by molar-refractivity contribution is 6.02. The first kappa shape index (κ1) is 21.4. The Hall–Kier alpha value is -3.26. The molecule has 0 saturated carbocycles. The van der Waals surface area contributed by atoms with Crippen LogP contribution in [0.4, 0.5) is 4.39 Å². The molecule has 0 bridgehead atoms. The van der Waals surface area contributed by atoms with Crippen LogP contribution in [0.5, 0.6) is 0 Å². The number of carbonyl (C=O) groups is 3. The molecule has 3 rings (SSSR count). The lowest BCUT2D eigenvalue weighted by atomic mass is 10.1. The van der Waals surface area contributed by atoms with Crippen molar-refractivity contribution in [1.82, 2.24) is 15.1 Å². The van der Waals surface area contributed by atoms with E-state index in [1.165, 1.54) is 34.1 Å². The van der Waals surface area contributed by atoms with Crippen LogP contribution in [-0.4, -0.2) is 59.9 Å². The SMILES string of the molecule is Cc1ccc(C(=O)N2CCN(C(=O)c3ccc(F)cc3)C2C(=O)NCCN)cc1C. The first-order chi connectivity index (χ1) is 14.3. The lowest BCUT2D eigenvalue weighted by molar-refractivity contribution is -0.128. The minimum Gasteiger partial charge on any atom is -0.351 e. The second kappa shape index (κ2) is 9.04. The van der Waals surface area contributed by atoms with E-state index in [1.807, 2.05) is 19.9 Å². The van der Waals surface area contributed by atoms with Crippen molar-refractivity contribution >= 4 is 17.7 Å². The molecule has 1 heterocycles. The normalized spacial score (nSPS) is 15.9. The van der Waals surface area contributed by atoms with Gasteiger partial charge in [0.15, 0.2) is 6.17 Å². The molecule has 1 saturated heterocycles. The molecule has 7 nitrogen and oxygen atoms in total. The predicted octanol–water partition coefficient (Wildman–Crippen LogP) is 1.44. The quantitative estimate of drug-likeness (QED) is 0.777. The highest BCUT2D eigenvalue weighted by Gasteiger charge is 2.43. The number of benzene rings is 2. The molecule has 1 fully saturated rings. The summed E-state index contributed by atoms with van der Waals surface area (Å²) in [5.41, 5.74) is 8.19. The van der Waals surface area contributed by atoms with Gasteiger partial charge in [0, 0.05) is 37.3 Å². The summed E-state index contributed by atoms with van der Waals surface area (Å²) in [6.45, 7) is 4.71. The molecule has 0 aromatic heterocycles. The smallest absolute Gasteiger partial charge is 0.263 e. The summed E-state index contributed by atoms with van der Waals surface area (Å²) in [4.78, 5) is 41.8. The van der Waals surface area contributed by atoms with Crippen LogP contribution in [-0.2, 0) is 4.79 Å². The molecule has 30 heavy (non-hydrogen) atoms. The highest BCUT2D eigenvalue weighted by atomic mass is 19.1. The molecule has 8 heteroatoms. The first-order valence-electron chi connectivity index (χ1n) is 9.76. The van der Waals surface area contributed by atoms with Crippen LogP contribution >= 0.6 is 0 Å². The van der Waals surface area contributed by atoms with E-state index in [4.69, 9.17) is 5.73 Å². The Morgan fingerprint density at radius 3 is 2.10 bits per heavy atom. The summed E-state index contributed by atoms with van der Waals surface area (Å²) in [5, 5.41) is 2.66. The fourth-order valence-corrected chi connectivity index (χ4v) is 3.42. The summed E-state index contributed by atoms with van der Waals surface area (Å²) in [5.74, 6) is -1.72. The minimum atomic E-state index is -1.11. The number of nitrogens with one attached hydrogen (secondary N) is 1. The van der Waals surface area contributed by atoms with Crippen LogP contribution in [0.15, 0.2) is 42.5 Å². The van der Waals surface area contributed by atoms with Gasteiger partial charge in [0.1, 0.15) is 5.82 Å². The van der Waals surface area contributed by atoms with E-state index in [9.17, 15) is 18.8 Å². The lowest BCUT2D eigenvalue weighted by Crippen LogP contribution is -2.54. The Labute approximate surface area is 174 Å². The molecular formula is C22H25FN4O3. The van der Waals surface area contributed by atoms with Crippen molar-refractivity contribution < 1.29 is 18.8 Å². The average molecular weight is 412 g/mol. The Bertz CT molecular complexity index is 961. The van der Waals surface area contributed by atoms with Crippen LogP contribution in [0.2, 0.25) is 0 Å². The molecule has 3 N–H and O–H groups in total. The fraction of sp³-hybridized carbons (Fsp3) is 0.318. The van der Waals surface area contributed by atoms with Crippen LogP contribution in [0.1, 0.15) is 31.8 Å². The molecule has 1 unspecified atom stereocenters. The van der Waals surface area contributed by atoms with Crippen molar-refractivity contribution in [2.45, 2.75) is 20.0 Å². The van der Waals surface area contributed by atoms with Crippen molar-refractivity contribution in [2.75, 3.05) is 26.2 Å². The molecule has 3 amide bonds. The highest BCUT2D eigenvalue weighted by Crippen LogP contribution is 2.22. The average Bonchev–Trinajstić information content (AvgIpc) is 3.18. The second-order valence-electron chi connectivity index (χ2n) is 7.26. The van der Waals surface area contributed by atoms with Gasteiger partial charge in [-0.2, -0.15) is 0 Å². The summed E-state index contributed by atoms with van der Waals surface area (Å²) in [6, 6.07) is 10.4. The van der Waals surface area contributed by atoms with Crippen LogP contribution < -0.4 is 11.1 Å². The van der Waals surface area contributed by atoms with Crippen LogP contribution in [0.25, 0.3) is 0 Å². The Balaban J connectivity index is 1.91. The van der Waals surface area contributed by atoms with Crippen molar-refractivity contribution in [3.8, 4) is 0 Å². The van der Waals surface area contributed by atoms with Gasteiger partial charge in [-0.3, -0.25) is 14.4 Å². The molecule has 2 aromatic carbocycles. The maximum absolute atomic E-state index is 13.2. The lowest BCUT2D eigenvalue weighted by Gasteiger charge is -2.29. The number of nitrogens with zero attached hydrogens (tertiary/aromatic N) is 2. The van der Waals surface area contributed by atoms with Gasteiger partial charge in [-0.25, -0.2) is 4.39 Å². The van der Waals surface area contributed by atoms with E-state index >= 15 is 0 Å². The third kappa shape index (κ3) is 4.33. The summed E-state index contributed by atoms with van der Waals surface area (Å²) in [7, 11) is 0. The zero-order valence-corrected chi connectivity index (χ0v) is 17.0. The number of hydrogen-bond acceptors (Lipinski definition) is 4. The van der Waals surface area contributed by atoms with Crippen molar-refractivity contribution in [3.05, 3.63) is 70.5 Å². The van der Waals surface area contributed by atoms with Crippen LogP contribution in [0, 0.1) is 19.7 Å². The van der Waals surface area contributed by atoms with E-state index in [-0.39, 0.29) is 37.6 Å². The van der Waals surface area contributed by atoms with Gasteiger partial charge in [0.25, 0.3) is 17.7 Å². The number of hydrogen-bond donors (Lipinski definition) is 2. The maximum Gasteiger partial charge on any atom is 0.263 e. The molecule has 1 aliphatic heterocycles. The third-order valence-corrected chi connectivity index (χ3v) is 5.22. The zero-order valence-electron chi connectivity index (χ0n) is 17.0. The molecule has 2 aromatic rings. The number of halogens is 1. The Kier molecular flexibility index (Phi) is 6.47. The third-order valence-electron chi connectivity index (χ3n) is 5.22. The monoisotopic (exact) mass is 412 g/mol. The second-order valence-corrected chi connectivity index (χ2v) is 7.26. The van der Waals surface area contributed by atoms with Gasteiger partial charge in [0.05, 0.1) is 0 Å². The van der Waals surface area contributed by atoms with Crippen molar-refractivity contribution in [3.63, 3.8) is 0 Å². The number of carbonyl (C=O) groups excluding carboxylic acids is 3. The van der Waals surface area contributed by atoms with Gasteiger partial charge < -0.3 is 20.9 Å². The topological polar surface area (TPSA) is 95.7 Å². The number of nitrogens with two attached hydrogens (primary N) is 1. The van der Waals surface area contributed by atoms with Crippen molar-refractivity contribution in [1.29, 1.82) is 0 Å². The van der Waals surface area contributed by atoms with E-state index in [2.05, 4.69) is 5.32 Å². The molecule has 158 valence electrons. The molecule has 1 aliphatic rings. The summed E-state index contributed by atoms with van der Waals surface area (Å²) < 4.78 is 13.2. The zero-order chi connectivity index (χ0) is 21.8. The molecule has 0 radical (unpaired) electrons. The first-order valence-corrected chi connectivity index (χ1v) is 9.76. The number of rotatable bonds is 5. The maximum atomic E-state index is 13.2. The fourth-order valence-electron chi connectivity index (χ4n) is 3.42. The van der Waals surface area contributed by atoms with E-state index in [0.717, 1.165) is 11.1 Å². The predicted molar refractivity (Wildman–Crippen MR) is 110 cm³/mol. The van der Waals surface area contributed by atoms with Crippen molar-refractivity contribution in [2.24, 2.45) is 5.73 Å². The molecule has 1 atom stereocenters. The van der Waals surface area contributed by atoms with Gasteiger partial charge >= 0.3 is 0 Å². The minimum absolute atomic E-state index is 0.188. The summed E-state index contributed by atoms with van der Waals surface area (Å²) in [6.07, 6.45) is -1.11. The molecule has 0 spiro atoms. The standard InChI is InChI=1S/C22H25FN4O3/c1-14-3-4-17(13-15(14)2)22(30)27-12-11-26(20(27)19(28)25-10-9-24)21(29)16-5-7-18(23)8-6-16/h3-8,13,20H,9-12,24H2,1-2H3,(H,25,28). The van der Waals surface area contributed by atoms with E-state index in [1.54, 1.807) is 12.1 Å². The van der Waals surface area contributed by atoms with Gasteiger partial charge in [-0.1, -0.05) is 6.07 Å². The number of aryl methyl sites for hydroxylation is 2. The van der Waals surface area contributed by atoms with Gasteiger partial charge in [-0.05, 0) is 61.4 Å². The van der Waals surface area contributed by atoms with E-state index in [0.29, 0.717) is 5.56 Å².